The van der Waals surface area contributed by atoms with E-state index in [1.54, 1.807) is 39.5 Å². The Bertz CT molecular complexity index is 1610. The van der Waals surface area contributed by atoms with E-state index in [4.69, 9.17) is 9.47 Å². The average Bonchev–Trinajstić information content (AvgIpc) is 3.16. The monoisotopic (exact) mass is 668 g/mol. The summed E-state index contributed by atoms with van der Waals surface area (Å²) in [5.41, 5.74) is 0.280. The predicted molar refractivity (Wildman–Crippen MR) is 180 cm³/mol. The number of sulfonamides is 1. The van der Waals surface area contributed by atoms with Gasteiger partial charge in [0.25, 0.3) is 0 Å². The molecule has 47 heavy (non-hydrogen) atoms. The van der Waals surface area contributed by atoms with E-state index < -0.39 is 44.6 Å². The maximum absolute atomic E-state index is 14.3. The van der Waals surface area contributed by atoms with Gasteiger partial charge < -0.3 is 25.0 Å². The molecule has 1 spiro atoms. The number of hydrogen-bond donors (Lipinski definition) is 2. The molecule has 5 rings (SSSR count). The van der Waals surface area contributed by atoms with Gasteiger partial charge in [0.15, 0.2) is 0 Å². The Morgan fingerprint density at radius 3 is 2.36 bits per heavy atom. The Balaban J connectivity index is 1.34. The zero-order valence-electron chi connectivity index (χ0n) is 28.3. The Morgan fingerprint density at radius 1 is 1.02 bits per heavy atom. The van der Waals surface area contributed by atoms with E-state index in [2.05, 4.69) is 10.6 Å². The second-order valence-electron chi connectivity index (χ2n) is 14.7. The third-order valence-corrected chi connectivity index (χ3v) is 10.6. The number of nitrogens with one attached hydrogen (secondary N) is 2. The summed E-state index contributed by atoms with van der Waals surface area (Å²) in [5, 5.41) is 5.64. The molecule has 11 nitrogen and oxygen atoms in total. The van der Waals surface area contributed by atoms with Crippen LogP contribution < -0.4 is 19.7 Å². The minimum atomic E-state index is -3.47. The lowest BCUT2D eigenvalue weighted by Crippen LogP contribution is -2.60. The van der Waals surface area contributed by atoms with Crippen molar-refractivity contribution in [3.63, 3.8) is 0 Å². The number of likely N-dealkylation sites (tertiary alicyclic amines) is 1. The van der Waals surface area contributed by atoms with Gasteiger partial charge in [-0.25, -0.2) is 13.2 Å². The first-order chi connectivity index (χ1) is 22.0. The Kier molecular flexibility index (Phi) is 9.56. The smallest absolute Gasteiger partial charge is 0.408 e. The first kappa shape index (κ1) is 34.5. The number of fused-ring (bicyclic) bond motifs is 3. The normalized spacial score (nSPS) is 19.9. The third kappa shape index (κ3) is 7.85. The van der Waals surface area contributed by atoms with Gasteiger partial charge in [-0.2, -0.15) is 0 Å². The van der Waals surface area contributed by atoms with Crippen molar-refractivity contribution in [2.45, 2.75) is 89.3 Å². The molecule has 1 saturated heterocycles. The fraction of sp³-hybridized carbons (Fsp3) is 0.571. The fourth-order valence-electron chi connectivity index (χ4n) is 6.96. The number of carbonyl (C=O) groups is 3. The van der Waals surface area contributed by atoms with Crippen LogP contribution in [0.15, 0.2) is 48.5 Å². The molecule has 0 bridgehead atoms. The molecule has 3 heterocycles. The third-order valence-electron chi connectivity index (χ3n) is 9.44. The van der Waals surface area contributed by atoms with E-state index in [1.165, 1.54) is 10.6 Å². The summed E-state index contributed by atoms with van der Waals surface area (Å²) in [7, 11) is -3.47. The molecule has 0 aliphatic carbocycles. The highest BCUT2D eigenvalue weighted by Gasteiger charge is 2.48. The van der Waals surface area contributed by atoms with Crippen molar-refractivity contribution >= 4 is 33.6 Å². The highest BCUT2D eigenvalue weighted by Crippen LogP contribution is 2.48. The molecule has 0 aromatic heterocycles. The van der Waals surface area contributed by atoms with Crippen molar-refractivity contribution in [1.29, 1.82) is 0 Å². The summed E-state index contributed by atoms with van der Waals surface area (Å²) in [6.45, 7) is 10.1. The largest absolute Gasteiger partial charge is 0.493 e. The van der Waals surface area contributed by atoms with Crippen molar-refractivity contribution < 1.29 is 32.3 Å². The van der Waals surface area contributed by atoms with Gasteiger partial charge in [0.1, 0.15) is 22.9 Å². The Labute approximate surface area is 278 Å². The zero-order chi connectivity index (χ0) is 34.2. The maximum atomic E-state index is 14.3. The van der Waals surface area contributed by atoms with Gasteiger partial charge >= 0.3 is 6.09 Å². The van der Waals surface area contributed by atoms with E-state index in [9.17, 15) is 22.8 Å². The molecule has 3 amide bonds. The van der Waals surface area contributed by atoms with Crippen LogP contribution in [0.5, 0.6) is 5.75 Å². The number of hydrogen-bond acceptors (Lipinski definition) is 7. The van der Waals surface area contributed by atoms with Crippen LogP contribution in [0, 0.1) is 5.92 Å². The van der Waals surface area contributed by atoms with Gasteiger partial charge in [-0.05, 0) is 95.9 Å². The molecule has 2 N–H and O–H groups in total. The lowest BCUT2D eigenvalue weighted by Gasteiger charge is -2.41. The van der Waals surface area contributed by atoms with Crippen molar-refractivity contribution in [2.75, 3.05) is 36.8 Å². The SMILES string of the molecule is CC(C)(C)OC(=O)NC(C)(C)C(=O)N[C@@H](C[C@@H]1CCOc2ccccc2C1)C(=O)N1CCC2(CC1)CN(S(C)(=O)=O)c1ccccc12. The number of amides is 3. The number of para-hydroxylation sites is 2. The fourth-order valence-corrected chi connectivity index (χ4v) is 7.95. The van der Waals surface area contributed by atoms with Crippen LogP contribution >= 0.6 is 0 Å². The molecular formula is C35H48N4O7S. The van der Waals surface area contributed by atoms with Gasteiger partial charge in [-0.15, -0.1) is 0 Å². The Morgan fingerprint density at radius 2 is 1.68 bits per heavy atom. The number of rotatable bonds is 7. The first-order valence-corrected chi connectivity index (χ1v) is 18.2. The zero-order valence-corrected chi connectivity index (χ0v) is 29.1. The summed E-state index contributed by atoms with van der Waals surface area (Å²) in [5.74, 6) is 0.224. The quantitative estimate of drug-likeness (QED) is 0.453. The molecule has 12 heteroatoms. The molecular weight excluding hydrogens is 620 g/mol. The number of benzene rings is 2. The van der Waals surface area contributed by atoms with Crippen LogP contribution in [0.25, 0.3) is 0 Å². The van der Waals surface area contributed by atoms with Gasteiger partial charge in [-0.1, -0.05) is 36.4 Å². The molecule has 2 aromatic rings. The maximum Gasteiger partial charge on any atom is 0.408 e. The minimum Gasteiger partial charge on any atom is -0.493 e. The first-order valence-electron chi connectivity index (χ1n) is 16.4. The molecule has 0 radical (unpaired) electrons. The number of ether oxygens (including phenoxy) is 2. The molecule has 3 aliphatic heterocycles. The average molecular weight is 669 g/mol. The minimum absolute atomic E-state index is 0.0657. The van der Waals surface area contributed by atoms with Crippen LogP contribution in [0.3, 0.4) is 0 Å². The van der Waals surface area contributed by atoms with Crippen LogP contribution in [-0.4, -0.2) is 80.9 Å². The summed E-state index contributed by atoms with van der Waals surface area (Å²) < 4.78 is 38.2. The number of alkyl carbamates (subject to hydrolysis) is 1. The van der Waals surface area contributed by atoms with Crippen LogP contribution in [0.4, 0.5) is 10.5 Å². The number of anilines is 1. The second kappa shape index (κ2) is 13.0. The number of piperidine rings is 1. The molecule has 0 saturated carbocycles. The summed E-state index contributed by atoms with van der Waals surface area (Å²) in [6.07, 6.45) is 3.52. The second-order valence-corrected chi connectivity index (χ2v) is 16.6. The number of nitrogens with zero attached hydrogens (tertiary/aromatic N) is 2. The molecule has 3 aliphatic rings. The van der Waals surface area contributed by atoms with Crippen molar-refractivity contribution in [1.82, 2.24) is 15.5 Å². The summed E-state index contributed by atoms with van der Waals surface area (Å²) >= 11 is 0. The van der Waals surface area contributed by atoms with Gasteiger partial charge in [-0.3, -0.25) is 13.9 Å². The topological polar surface area (TPSA) is 134 Å². The summed E-state index contributed by atoms with van der Waals surface area (Å²) in [4.78, 5) is 42.4. The van der Waals surface area contributed by atoms with E-state index in [0.29, 0.717) is 57.6 Å². The van der Waals surface area contributed by atoms with E-state index >= 15 is 0 Å². The van der Waals surface area contributed by atoms with Crippen molar-refractivity contribution in [2.24, 2.45) is 5.92 Å². The van der Waals surface area contributed by atoms with E-state index in [1.807, 2.05) is 48.5 Å². The molecule has 256 valence electrons. The lowest BCUT2D eigenvalue weighted by atomic mass is 9.74. The molecule has 2 atom stereocenters. The highest BCUT2D eigenvalue weighted by atomic mass is 32.2. The van der Waals surface area contributed by atoms with Crippen LogP contribution in [0.2, 0.25) is 0 Å². The van der Waals surface area contributed by atoms with Gasteiger partial charge in [0, 0.05) is 25.0 Å². The number of carbonyl (C=O) groups excluding carboxylic acids is 3. The Hall–Kier alpha value is -3.80. The van der Waals surface area contributed by atoms with Crippen LogP contribution in [0.1, 0.15) is 71.4 Å². The van der Waals surface area contributed by atoms with Crippen molar-refractivity contribution in [3.05, 3.63) is 59.7 Å². The predicted octanol–water partition coefficient (Wildman–Crippen LogP) is 4.15. The van der Waals surface area contributed by atoms with Gasteiger partial charge in [0.2, 0.25) is 21.8 Å². The highest BCUT2D eigenvalue weighted by molar-refractivity contribution is 7.92. The van der Waals surface area contributed by atoms with Crippen molar-refractivity contribution in [3.8, 4) is 5.75 Å². The van der Waals surface area contributed by atoms with Gasteiger partial charge in [0.05, 0.1) is 18.6 Å². The standard InChI is InChI=1S/C35H48N4O7S/c1-33(2,3)46-32(42)37-34(4,5)31(41)36-27(22-24-15-20-45-29-14-10-7-11-25(29)21-24)30(40)38-18-16-35(17-19-38)23-39(47(6,43)44)28-13-9-8-12-26(28)35/h7-14,24,27H,15-23H2,1-6H3,(H,36,41)(H,37,42)/t24-,27+/m1/s1. The lowest BCUT2D eigenvalue weighted by molar-refractivity contribution is -0.139. The molecule has 0 unspecified atom stereocenters. The summed E-state index contributed by atoms with van der Waals surface area (Å²) in [6, 6.07) is 14.7. The van der Waals surface area contributed by atoms with Crippen LogP contribution in [-0.2, 0) is 36.2 Å². The molecule has 1 fully saturated rings. The molecule has 2 aromatic carbocycles. The van der Waals surface area contributed by atoms with E-state index in [-0.39, 0.29) is 11.8 Å². The van der Waals surface area contributed by atoms with E-state index in [0.717, 1.165) is 23.3 Å².